The highest BCUT2D eigenvalue weighted by Gasteiger charge is 2.29. The Morgan fingerprint density at radius 3 is 2.39 bits per heavy atom. The van der Waals surface area contributed by atoms with E-state index in [0.717, 1.165) is 17.5 Å². The number of nitrogens with one attached hydrogen (secondary N) is 1. The topological polar surface area (TPSA) is 58.6 Å². The summed E-state index contributed by atoms with van der Waals surface area (Å²) in [7, 11) is 1.60. The van der Waals surface area contributed by atoms with Gasteiger partial charge in [-0.05, 0) is 55.2 Å². The molecule has 5 nitrogen and oxygen atoms in total. The number of benzene rings is 2. The van der Waals surface area contributed by atoms with E-state index >= 15 is 0 Å². The Bertz CT molecular complexity index is 904. The van der Waals surface area contributed by atoms with Crippen molar-refractivity contribution in [3.63, 3.8) is 0 Å². The lowest BCUT2D eigenvalue weighted by Crippen LogP contribution is -2.51. The van der Waals surface area contributed by atoms with Gasteiger partial charge in [0, 0.05) is 12.6 Å². The number of hydrogen-bond acceptors (Lipinski definition) is 3. The summed E-state index contributed by atoms with van der Waals surface area (Å²) in [6.07, 6.45) is 1.43. The number of methoxy groups -OCH3 is 1. The van der Waals surface area contributed by atoms with E-state index in [1.54, 1.807) is 30.2 Å². The van der Waals surface area contributed by atoms with Gasteiger partial charge in [0.1, 0.15) is 11.8 Å². The Labute approximate surface area is 194 Å². The van der Waals surface area contributed by atoms with Gasteiger partial charge in [-0.3, -0.25) is 9.59 Å². The van der Waals surface area contributed by atoms with Crippen molar-refractivity contribution >= 4 is 35.0 Å². The minimum Gasteiger partial charge on any atom is -0.497 e. The summed E-state index contributed by atoms with van der Waals surface area (Å²) in [4.78, 5) is 28.0. The molecular weight excluding hydrogens is 435 g/mol. The van der Waals surface area contributed by atoms with Crippen molar-refractivity contribution in [2.45, 2.75) is 58.7 Å². The highest BCUT2D eigenvalue weighted by molar-refractivity contribution is 6.42. The smallest absolute Gasteiger partial charge is 0.243 e. The summed E-state index contributed by atoms with van der Waals surface area (Å²) in [6.45, 7) is 6.17. The van der Waals surface area contributed by atoms with E-state index in [-0.39, 0.29) is 24.3 Å². The molecule has 0 saturated carbocycles. The summed E-state index contributed by atoms with van der Waals surface area (Å²) in [6, 6.07) is 12.1. The second-order valence-electron chi connectivity index (χ2n) is 7.54. The molecule has 0 spiro atoms. The fourth-order valence-electron chi connectivity index (χ4n) is 3.25. The van der Waals surface area contributed by atoms with Crippen LogP contribution in [0.1, 0.15) is 44.7 Å². The highest BCUT2D eigenvalue weighted by Crippen LogP contribution is 2.24. The summed E-state index contributed by atoms with van der Waals surface area (Å²) in [5.74, 6) is 0.390. The molecule has 7 heteroatoms. The number of halogens is 2. The number of carbonyl (C=O) groups is 2. The van der Waals surface area contributed by atoms with Crippen LogP contribution in [0.2, 0.25) is 10.0 Å². The SMILES string of the molecule is CCC(C)NC(=O)C(CC)N(Cc1cccc(OC)c1)C(=O)Cc1ccc(Cl)c(Cl)c1. The van der Waals surface area contributed by atoms with Crippen LogP contribution in [-0.4, -0.2) is 35.9 Å². The number of nitrogens with zero attached hydrogens (tertiary/aromatic N) is 1. The first-order valence-corrected chi connectivity index (χ1v) is 11.2. The fourth-order valence-corrected chi connectivity index (χ4v) is 3.57. The third-order valence-electron chi connectivity index (χ3n) is 5.21. The van der Waals surface area contributed by atoms with Gasteiger partial charge in [-0.1, -0.05) is 55.2 Å². The molecule has 2 atom stereocenters. The number of ether oxygens (including phenoxy) is 1. The molecule has 0 bridgehead atoms. The molecule has 0 saturated heterocycles. The highest BCUT2D eigenvalue weighted by atomic mass is 35.5. The first kappa shape index (κ1) is 25.0. The molecule has 0 aromatic heterocycles. The minimum atomic E-state index is -0.588. The van der Waals surface area contributed by atoms with Gasteiger partial charge in [0.25, 0.3) is 0 Å². The average Bonchev–Trinajstić information content (AvgIpc) is 2.76. The van der Waals surface area contributed by atoms with Gasteiger partial charge in [-0.2, -0.15) is 0 Å². The van der Waals surface area contributed by atoms with Crippen LogP contribution in [0.25, 0.3) is 0 Å². The Balaban J connectivity index is 2.33. The summed E-state index contributed by atoms with van der Waals surface area (Å²) >= 11 is 12.1. The summed E-state index contributed by atoms with van der Waals surface area (Å²) < 4.78 is 5.31. The fraction of sp³-hybridized carbons (Fsp3) is 0.417. The molecule has 2 aromatic rings. The zero-order valence-corrected chi connectivity index (χ0v) is 20.0. The van der Waals surface area contributed by atoms with E-state index in [1.807, 2.05) is 45.0 Å². The van der Waals surface area contributed by atoms with E-state index < -0.39 is 6.04 Å². The normalized spacial score (nSPS) is 12.7. The third-order valence-corrected chi connectivity index (χ3v) is 5.95. The first-order valence-electron chi connectivity index (χ1n) is 10.5. The molecule has 0 aliphatic heterocycles. The molecule has 0 fully saturated rings. The standard InChI is InChI=1S/C24H30Cl2N2O3/c1-5-16(3)27-24(30)22(6-2)28(15-18-8-7-9-19(12-18)31-4)23(29)14-17-10-11-20(25)21(26)13-17/h7-13,16,22H,5-6,14-15H2,1-4H3,(H,27,30). The molecule has 2 aromatic carbocycles. The quantitative estimate of drug-likeness (QED) is 0.520. The molecule has 2 unspecified atom stereocenters. The zero-order valence-electron chi connectivity index (χ0n) is 18.5. The summed E-state index contributed by atoms with van der Waals surface area (Å²) in [5.41, 5.74) is 1.63. The minimum absolute atomic E-state index is 0.0328. The van der Waals surface area contributed by atoms with Crippen molar-refractivity contribution in [3.8, 4) is 5.75 Å². The van der Waals surface area contributed by atoms with Crippen LogP contribution in [0, 0.1) is 0 Å². The first-order chi connectivity index (χ1) is 14.8. The van der Waals surface area contributed by atoms with E-state index in [4.69, 9.17) is 27.9 Å². The van der Waals surface area contributed by atoms with Crippen LogP contribution in [-0.2, 0) is 22.6 Å². The van der Waals surface area contributed by atoms with Crippen molar-refractivity contribution in [2.75, 3.05) is 7.11 Å². The van der Waals surface area contributed by atoms with Crippen LogP contribution >= 0.6 is 23.2 Å². The van der Waals surface area contributed by atoms with E-state index in [1.165, 1.54) is 0 Å². The van der Waals surface area contributed by atoms with Crippen molar-refractivity contribution in [3.05, 3.63) is 63.6 Å². The predicted molar refractivity (Wildman–Crippen MR) is 126 cm³/mol. The van der Waals surface area contributed by atoms with E-state index in [9.17, 15) is 9.59 Å². The molecule has 0 aliphatic carbocycles. The zero-order chi connectivity index (χ0) is 23.0. The second-order valence-corrected chi connectivity index (χ2v) is 8.35. The van der Waals surface area contributed by atoms with Gasteiger partial charge in [0.05, 0.1) is 23.6 Å². The third kappa shape index (κ3) is 7.15. The van der Waals surface area contributed by atoms with Gasteiger partial charge in [0.2, 0.25) is 11.8 Å². The van der Waals surface area contributed by atoms with Gasteiger partial charge in [-0.25, -0.2) is 0 Å². The lowest BCUT2D eigenvalue weighted by Gasteiger charge is -2.31. The van der Waals surface area contributed by atoms with Gasteiger partial charge >= 0.3 is 0 Å². The molecule has 0 aliphatic rings. The average molecular weight is 465 g/mol. The largest absolute Gasteiger partial charge is 0.497 e. The molecule has 2 amide bonds. The molecular formula is C24H30Cl2N2O3. The Hall–Kier alpha value is -2.24. The number of carbonyl (C=O) groups excluding carboxylic acids is 2. The molecule has 31 heavy (non-hydrogen) atoms. The van der Waals surface area contributed by atoms with Crippen LogP contribution in [0.3, 0.4) is 0 Å². The molecule has 0 radical (unpaired) electrons. The van der Waals surface area contributed by atoms with Crippen LogP contribution < -0.4 is 10.1 Å². The van der Waals surface area contributed by atoms with E-state index in [0.29, 0.717) is 28.8 Å². The Kier molecular flexibility index (Phi) is 9.66. The maximum absolute atomic E-state index is 13.4. The summed E-state index contributed by atoms with van der Waals surface area (Å²) in [5, 5.41) is 3.84. The Morgan fingerprint density at radius 2 is 1.77 bits per heavy atom. The van der Waals surface area contributed by atoms with Crippen molar-refractivity contribution in [1.29, 1.82) is 0 Å². The monoisotopic (exact) mass is 464 g/mol. The van der Waals surface area contributed by atoms with Gasteiger partial charge in [0.15, 0.2) is 0 Å². The number of amides is 2. The molecule has 1 N–H and O–H groups in total. The van der Waals surface area contributed by atoms with Crippen LogP contribution in [0.15, 0.2) is 42.5 Å². The van der Waals surface area contributed by atoms with Crippen LogP contribution in [0.5, 0.6) is 5.75 Å². The number of hydrogen-bond donors (Lipinski definition) is 1. The van der Waals surface area contributed by atoms with Crippen molar-refractivity contribution in [1.82, 2.24) is 10.2 Å². The predicted octanol–water partition coefficient (Wildman–Crippen LogP) is 5.27. The maximum atomic E-state index is 13.4. The molecule has 0 heterocycles. The van der Waals surface area contributed by atoms with E-state index in [2.05, 4.69) is 5.32 Å². The lowest BCUT2D eigenvalue weighted by molar-refractivity contribution is -0.141. The molecule has 168 valence electrons. The second kappa shape index (κ2) is 12.0. The van der Waals surface area contributed by atoms with Crippen molar-refractivity contribution in [2.24, 2.45) is 0 Å². The lowest BCUT2D eigenvalue weighted by atomic mass is 10.1. The Morgan fingerprint density at radius 1 is 1.03 bits per heavy atom. The van der Waals surface area contributed by atoms with Crippen LogP contribution in [0.4, 0.5) is 0 Å². The van der Waals surface area contributed by atoms with Gasteiger partial charge in [-0.15, -0.1) is 0 Å². The van der Waals surface area contributed by atoms with Crippen molar-refractivity contribution < 1.29 is 14.3 Å². The maximum Gasteiger partial charge on any atom is 0.243 e. The number of rotatable bonds is 10. The van der Waals surface area contributed by atoms with Gasteiger partial charge < -0.3 is 15.0 Å². The molecule has 2 rings (SSSR count).